The molecular weight excluding hydrogens is 406 g/mol. The van der Waals surface area contributed by atoms with Crippen molar-refractivity contribution in [2.45, 2.75) is 103 Å². The molecule has 0 amide bonds. The number of phenolic OH excluding ortho intramolecular Hbond substituents is 1. The quantitative estimate of drug-likeness (QED) is 0.304. The molecule has 0 aliphatic heterocycles. The molecule has 0 radical (unpaired) electrons. The molecule has 2 aliphatic rings. The predicted octanol–water partition coefficient (Wildman–Crippen LogP) is 8.75. The van der Waals surface area contributed by atoms with Gasteiger partial charge in [-0.1, -0.05) is 38.0 Å². The van der Waals surface area contributed by atoms with E-state index >= 15 is 0 Å². The highest BCUT2D eigenvalue weighted by Gasteiger charge is 2.33. The maximum absolute atomic E-state index is 13.9. The number of Topliss-reactive ketones (excluding diaryl/α,β-unsaturated/α-hetero) is 1. The number of ketones is 1. The zero-order valence-corrected chi connectivity index (χ0v) is 19.8. The molecule has 1 N–H and O–H groups in total. The van der Waals surface area contributed by atoms with Gasteiger partial charge in [-0.2, -0.15) is 0 Å². The molecule has 0 atom stereocenters. The Morgan fingerprint density at radius 2 is 1.69 bits per heavy atom. The number of carbonyl (C=O) groups is 1. The van der Waals surface area contributed by atoms with Crippen LogP contribution in [0.5, 0.6) is 5.75 Å². The van der Waals surface area contributed by atoms with Crippen molar-refractivity contribution in [3.8, 4) is 5.75 Å². The molecule has 2 aliphatic carbocycles. The number of aromatic hydroxyl groups is 1. The molecule has 178 valence electrons. The van der Waals surface area contributed by atoms with Crippen molar-refractivity contribution in [3.63, 3.8) is 0 Å². The Morgan fingerprint density at radius 3 is 2.25 bits per heavy atom. The van der Waals surface area contributed by atoms with Gasteiger partial charge in [-0.05, 0) is 100 Å². The fourth-order valence-electron chi connectivity index (χ4n) is 6.14. The van der Waals surface area contributed by atoms with Crippen molar-refractivity contribution < 1.29 is 18.7 Å². The lowest BCUT2D eigenvalue weighted by Crippen LogP contribution is -2.25. The molecule has 0 heterocycles. The number of halogens is 2. The molecule has 2 saturated carbocycles. The Kier molecular flexibility index (Phi) is 9.31. The maximum Gasteiger partial charge on any atom is 0.267 e. The smallest absolute Gasteiger partial charge is 0.267 e. The molecule has 2 fully saturated rings. The molecule has 0 saturated heterocycles. The highest BCUT2D eigenvalue weighted by molar-refractivity contribution is 5.99. The molecule has 32 heavy (non-hydrogen) atoms. The molecule has 0 aromatic heterocycles. The van der Waals surface area contributed by atoms with Crippen LogP contribution >= 0.6 is 0 Å². The average Bonchev–Trinajstić information content (AvgIpc) is 2.79. The van der Waals surface area contributed by atoms with Crippen LogP contribution in [-0.2, 0) is 0 Å². The Balaban J connectivity index is 1.60. The van der Waals surface area contributed by atoms with Crippen LogP contribution in [0.3, 0.4) is 0 Å². The van der Waals surface area contributed by atoms with Gasteiger partial charge < -0.3 is 5.11 Å². The van der Waals surface area contributed by atoms with Crippen molar-refractivity contribution in [3.05, 3.63) is 41.0 Å². The number of carbonyl (C=O) groups excluding carboxylic acids is 1. The fraction of sp³-hybridized carbons (Fsp3) is 0.679. The lowest BCUT2D eigenvalue weighted by atomic mass is 9.67. The summed E-state index contributed by atoms with van der Waals surface area (Å²) < 4.78 is 27.8. The summed E-state index contributed by atoms with van der Waals surface area (Å²) in [7, 11) is 0. The third-order valence-corrected chi connectivity index (χ3v) is 7.99. The SMILES string of the molecule is CC=CCCC1CCC(C2CCC(c3ccc(C(=O)CCC)c(O)c3C(F)F)CC2)CC1. The van der Waals surface area contributed by atoms with Gasteiger partial charge >= 0.3 is 0 Å². The van der Waals surface area contributed by atoms with Crippen LogP contribution in [0, 0.1) is 17.8 Å². The number of allylic oxidation sites excluding steroid dienone is 2. The maximum atomic E-state index is 13.9. The van der Waals surface area contributed by atoms with Crippen LogP contribution in [-0.4, -0.2) is 10.9 Å². The van der Waals surface area contributed by atoms with E-state index in [0.29, 0.717) is 17.9 Å². The Labute approximate surface area is 192 Å². The second kappa shape index (κ2) is 12.0. The zero-order valence-electron chi connectivity index (χ0n) is 19.8. The first kappa shape index (κ1) is 24.9. The largest absolute Gasteiger partial charge is 0.507 e. The summed E-state index contributed by atoms with van der Waals surface area (Å²) in [5.41, 5.74) is 0.291. The standard InChI is InChI=1S/C28H40F2O2/c1-3-5-6-8-19-9-11-20(12-10-19)21-13-15-22(16-14-21)23-17-18-24(25(31)7-4-2)27(32)26(23)28(29)30/h3,5,17-22,28,32H,4,6-16H2,1-2H3. The van der Waals surface area contributed by atoms with Gasteiger partial charge in [-0.15, -0.1) is 0 Å². The summed E-state index contributed by atoms with van der Waals surface area (Å²) in [5.74, 6) is 1.65. The normalized spacial score (nSPS) is 26.7. The molecule has 0 unspecified atom stereocenters. The number of rotatable bonds is 9. The topological polar surface area (TPSA) is 37.3 Å². The summed E-state index contributed by atoms with van der Waals surface area (Å²) in [4.78, 5) is 12.2. The Morgan fingerprint density at radius 1 is 1.06 bits per heavy atom. The van der Waals surface area contributed by atoms with Crippen molar-refractivity contribution in [1.29, 1.82) is 0 Å². The van der Waals surface area contributed by atoms with E-state index < -0.39 is 12.2 Å². The Bertz CT molecular complexity index is 770. The van der Waals surface area contributed by atoms with Crippen molar-refractivity contribution in [1.82, 2.24) is 0 Å². The first-order valence-electron chi connectivity index (χ1n) is 12.7. The van der Waals surface area contributed by atoms with Gasteiger partial charge in [0, 0.05) is 6.42 Å². The molecule has 3 rings (SSSR count). The summed E-state index contributed by atoms with van der Waals surface area (Å²) in [6, 6.07) is 3.25. The minimum atomic E-state index is -2.77. The number of benzene rings is 1. The number of hydrogen-bond donors (Lipinski definition) is 1. The number of alkyl halides is 2. The second-order valence-electron chi connectivity index (χ2n) is 9.98. The molecule has 2 nitrogen and oxygen atoms in total. The zero-order chi connectivity index (χ0) is 23.1. The number of hydrogen-bond acceptors (Lipinski definition) is 2. The molecule has 1 aromatic rings. The van der Waals surface area contributed by atoms with Gasteiger partial charge in [-0.25, -0.2) is 8.78 Å². The van der Waals surface area contributed by atoms with Crippen LogP contribution in [0.2, 0.25) is 0 Å². The van der Waals surface area contributed by atoms with Crippen LogP contribution < -0.4 is 0 Å². The summed E-state index contributed by atoms with van der Waals surface area (Å²) in [6.45, 7) is 3.95. The monoisotopic (exact) mass is 446 g/mol. The first-order valence-corrected chi connectivity index (χ1v) is 12.7. The molecule has 1 aromatic carbocycles. The lowest BCUT2D eigenvalue weighted by molar-refractivity contribution is 0.0977. The predicted molar refractivity (Wildman–Crippen MR) is 126 cm³/mol. The van der Waals surface area contributed by atoms with E-state index in [1.807, 2.05) is 6.92 Å². The van der Waals surface area contributed by atoms with Crippen molar-refractivity contribution in [2.24, 2.45) is 17.8 Å². The lowest BCUT2D eigenvalue weighted by Gasteiger charge is -2.38. The summed E-state index contributed by atoms with van der Waals surface area (Å²) in [5, 5.41) is 10.5. The van der Waals surface area contributed by atoms with Crippen molar-refractivity contribution >= 4 is 5.78 Å². The minimum Gasteiger partial charge on any atom is -0.507 e. The highest BCUT2D eigenvalue weighted by atomic mass is 19.3. The van der Waals surface area contributed by atoms with Crippen molar-refractivity contribution in [2.75, 3.05) is 0 Å². The highest BCUT2D eigenvalue weighted by Crippen LogP contribution is 2.47. The third kappa shape index (κ3) is 5.99. The van der Waals surface area contributed by atoms with Gasteiger partial charge in [0.15, 0.2) is 5.78 Å². The summed E-state index contributed by atoms with van der Waals surface area (Å²) in [6.07, 6.45) is 14.3. The molecule has 4 heteroatoms. The van der Waals surface area contributed by atoms with E-state index in [-0.39, 0.29) is 29.2 Å². The second-order valence-corrected chi connectivity index (χ2v) is 9.98. The van der Waals surface area contributed by atoms with Gasteiger partial charge in [0.1, 0.15) is 5.75 Å². The van der Waals surface area contributed by atoms with Gasteiger partial charge in [0.2, 0.25) is 0 Å². The van der Waals surface area contributed by atoms with Crippen LogP contribution in [0.15, 0.2) is 24.3 Å². The number of phenols is 1. The van der Waals surface area contributed by atoms with E-state index in [4.69, 9.17) is 0 Å². The van der Waals surface area contributed by atoms with Crippen LogP contribution in [0.1, 0.15) is 125 Å². The van der Waals surface area contributed by atoms with Gasteiger partial charge in [0.25, 0.3) is 6.43 Å². The van der Waals surface area contributed by atoms with E-state index in [2.05, 4.69) is 19.1 Å². The van der Waals surface area contributed by atoms with Crippen LogP contribution in [0.25, 0.3) is 0 Å². The van der Waals surface area contributed by atoms with E-state index in [1.54, 1.807) is 12.1 Å². The van der Waals surface area contributed by atoms with E-state index in [1.165, 1.54) is 38.5 Å². The third-order valence-electron chi connectivity index (χ3n) is 7.99. The first-order chi connectivity index (χ1) is 15.5. The Hall–Kier alpha value is -1.71. The fourth-order valence-corrected chi connectivity index (χ4v) is 6.14. The van der Waals surface area contributed by atoms with E-state index in [9.17, 15) is 18.7 Å². The van der Waals surface area contributed by atoms with Gasteiger partial charge in [0.05, 0.1) is 11.1 Å². The van der Waals surface area contributed by atoms with Gasteiger partial charge in [-0.3, -0.25) is 4.79 Å². The molecular formula is C28H40F2O2. The minimum absolute atomic E-state index is 0.0470. The average molecular weight is 447 g/mol. The van der Waals surface area contributed by atoms with E-state index in [0.717, 1.165) is 37.5 Å². The van der Waals surface area contributed by atoms with Crippen LogP contribution in [0.4, 0.5) is 8.78 Å². The summed E-state index contributed by atoms with van der Waals surface area (Å²) >= 11 is 0. The molecule has 0 bridgehead atoms. The molecule has 0 spiro atoms.